The van der Waals surface area contributed by atoms with Gasteiger partial charge in [0.1, 0.15) is 29.2 Å². The number of phenols is 1. The molecule has 40 heavy (non-hydrogen) atoms. The van der Waals surface area contributed by atoms with Crippen molar-refractivity contribution in [2.75, 3.05) is 31.0 Å². The van der Waals surface area contributed by atoms with Gasteiger partial charge in [-0.15, -0.1) is 0 Å². The lowest BCUT2D eigenvalue weighted by atomic mass is 10.0. The molecule has 0 bridgehead atoms. The monoisotopic (exact) mass is 573 g/mol. The fourth-order valence-corrected chi connectivity index (χ4v) is 4.53. The average Bonchev–Trinajstić information content (AvgIpc) is 2.90. The molecule has 0 radical (unpaired) electrons. The third-order valence-corrected chi connectivity index (χ3v) is 6.66. The molecule has 2 unspecified atom stereocenters. The molecule has 0 spiro atoms. The molecule has 2 rings (SSSR count). The van der Waals surface area contributed by atoms with E-state index < -0.39 is 29.7 Å². The Balaban J connectivity index is 2.49. The van der Waals surface area contributed by atoms with Crippen molar-refractivity contribution in [3.05, 3.63) is 54.1 Å². The molecule has 2 aromatic rings. The summed E-state index contributed by atoms with van der Waals surface area (Å²) in [6.07, 6.45) is 4.07. The Hall–Kier alpha value is -3.40. The number of methoxy groups -OCH3 is 1. The number of thioether (sulfide) groups is 1. The van der Waals surface area contributed by atoms with Crippen molar-refractivity contribution in [3.8, 4) is 11.5 Å². The summed E-state index contributed by atoms with van der Waals surface area (Å²) in [5.41, 5.74) is 0.348. The van der Waals surface area contributed by atoms with Crippen molar-refractivity contribution in [3.63, 3.8) is 0 Å². The molecule has 0 fully saturated rings. The molecule has 0 saturated carbocycles. The number of ether oxygens (including phenoxy) is 2. The van der Waals surface area contributed by atoms with E-state index in [-0.39, 0.29) is 11.7 Å². The van der Waals surface area contributed by atoms with Crippen molar-refractivity contribution in [1.29, 1.82) is 0 Å². The summed E-state index contributed by atoms with van der Waals surface area (Å²) in [6.45, 7) is 7.64. The number of rotatable bonds is 14. The lowest BCUT2D eigenvalue weighted by molar-refractivity contribution is -0.141. The number of anilines is 1. The molecule has 220 valence electrons. The van der Waals surface area contributed by atoms with E-state index in [4.69, 9.17) is 9.47 Å². The average molecular weight is 574 g/mol. The molecule has 2 aromatic carbocycles. The van der Waals surface area contributed by atoms with Crippen molar-refractivity contribution in [2.24, 2.45) is 0 Å². The van der Waals surface area contributed by atoms with Gasteiger partial charge < -0.3 is 30.1 Å². The second-order valence-corrected chi connectivity index (χ2v) is 11.4. The fraction of sp³-hybridized carbons (Fsp3) is 0.500. The van der Waals surface area contributed by atoms with E-state index in [2.05, 4.69) is 17.6 Å². The van der Waals surface area contributed by atoms with Gasteiger partial charge in [-0.25, -0.2) is 4.79 Å². The Morgan fingerprint density at radius 2 is 1.68 bits per heavy atom. The smallest absolute Gasteiger partial charge is 0.408 e. The Morgan fingerprint density at radius 3 is 2.23 bits per heavy atom. The fourth-order valence-electron chi connectivity index (χ4n) is 4.06. The molecule has 0 aliphatic carbocycles. The second-order valence-electron chi connectivity index (χ2n) is 10.4. The normalized spacial score (nSPS) is 12.7. The lowest BCUT2D eigenvalue weighted by Gasteiger charge is -2.34. The number of nitrogens with zero attached hydrogens (tertiary/aromatic N) is 1. The molecular formula is C30H43N3O6S. The van der Waals surface area contributed by atoms with Gasteiger partial charge in [0.15, 0.2) is 0 Å². The number of alkyl carbamates (subject to hydrolysis) is 1. The maximum absolute atomic E-state index is 14.2. The maximum atomic E-state index is 14.2. The molecular weight excluding hydrogens is 530 g/mol. The van der Waals surface area contributed by atoms with Crippen LogP contribution in [0.4, 0.5) is 10.5 Å². The third-order valence-electron chi connectivity index (χ3n) is 6.01. The number of nitrogens with one attached hydrogen (secondary N) is 2. The predicted octanol–water partition coefficient (Wildman–Crippen LogP) is 5.75. The summed E-state index contributed by atoms with van der Waals surface area (Å²) < 4.78 is 10.6. The van der Waals surface area contributed by atoms with Crippen LogP contribution in [0.5, 0.6) is 11.5 Å². The van der Waals surface area contributed by atoms with E-state index in [0.29, 0.717) is 42.1 Å². The zero-order valence-electron chi connectivity index (χ0n) is 24.4. The molecule has 3 amide bonds. The first-order valence-electron chi connectivity index (χ1n) is 13.5. The molecule has 0 aliphatic heterocycles. The van der Waals surface area contributed by atoms with Gasteiger partial charge in [0.2, 0.25) is 5.91 Å². The second kappa shape index (κ2) is 16.0. The van der Waals surface area contributed by atoms with Gasteiger partial charge >= 0.3 is 6.09 Å². The zero-order valence-corrected chi connectivity index (χ0v) is 25.2. The van der Waals surface area contributed by atoms with Crippen molar-refractivity contribution in [2.45, 2.75) is 71.1 Å². The highest BCUT2D eigenvalue weighted by atomic mass is 32.2. The Bertz CT molecular complexity index is 1090. The molecule has 3 N–H and O–H groups in total. The number of aromatic hydroxyl groups is 1. The highest BCUT2D eigenvalue weighted by Gasteiger charge is 2.36. The topological polar surface area (TPSA) is 117 Å². The predicted molar refractivity (Wildman–Crippen MR) is 160 cm³/mol. The summed E-state index contributed by atoms with van der Waals surface area (Å²) in [4.78, 5) is 42.3. The van der Waals surface area contributed by atoms with E-state index >= 15 is 0 Å². The quantitative estimate of drug-likeness (QED) is 0.247. The van der Waals surface area contributed by atoms with E-state index in [1.165, 1.54) is 17.0 Å². The summed E-state index contributed by atoms with van der Waals surface area (Å²) in [5.74, 6) is 0.526. The van der Waals surface area contributed by atoms with Gasteiger partial charge in [0.05, 0.1) is 7.11 Å². The van der Waals surface area contributed by atoms with Crippen LogP contribution in [0.2, 0.25) is 0 Å². The number of carbonyl (C=O) groups is 3. The van der Waals surface area contributed by atoms with Crippen LogP contribution in [0, 0.1) is 0 Å². The van der Waals surface area contributed by atoms with Gasteiger partial charge in [-0.2, -0.15) is 11.8 Å². The van der Waals surface area contributed by atoms with Gasteiger partial charge in [0.25, 0.3) is 5.91 Å². The lowest BCUT2D eigenvalue weighted by Crippen LogP contribution is -2.52. The minimum atomic E-state index is -1.01. The number of unbranched alkanes of at least 4 members (excludes halogenated alkanes) is 2. The molecule has 0 aliphatic rings. The summed E-state index contributed by atoms with van der Waals surface area (Å²) in [5, 5.41) is 15.6. The van der Waals surface area contributed by atoms with E-state index in [9.17, 15) is 19.5 Å². The van der Waals surface area contributed by atoms with Gasteiger partial charge in [-0.05, 0) is 87.6 Å². The molecule has 10 heteroatoms. The molecule has 0 saturated heterocycles. The Kier molecular flexibility index (Phi) is 13.1. The zero-order chi connectivity index (χ0) is 29.7. The third kappa shape index (κ3) is 10.6. The van der Waals surface area contributed by atoms with Crippen LogP contribution in [0.25, 0.3) is 0 Å². The maximum Gasteiger partial charge on any atom is 0.408 e. The molecule has 0 aromatic heterocycles. The van der Waals surface area contributed by atoms with E-state index in [1.54, 1.807) is 76.0 Å². The minimum Gasteiger partial charge on any atom is -0.508 e. The van der Waals surface area contributed by atoms with Gasteiger partial charge in [-0.3, -0.25) is 9.59 Å². The van der Waals surface area contributed by atoms with Crippen molar-refractivity contribution < 1.29 is 29.0 Å². The summed E-state index contributed by atoms with van der Waals surface area (Å²) in [6, 6.07) is 11.2. The number of amides is 3. The van der Waals surface area contributed by atoms with Crippen LogP contribution in [-0.4, -0.2) is 65.2 Å². The molecule has 9 nitrogen and oxygen atoms in total. The van der Waals surface area contributed by atoms with Crippen molar-refractivity contribution >= 4 is 35.4 Å². The number of phenolic OH excluding ortho intramolecular Hbond substituents is 1. The van der Waals surface area contributed by atoms with E-state index in [1.807, 2.05) is 6.26 Å². The van der Waals surface area contributed by atoms with Crippen LogP contribution in [0.1, 0.15) is 65.0 Å². The first-order valence-corrected chi connectivity index (χ1v) is 14.9. The number of carbonyl (C=O) groups excluding carboxylic acids is 3. The highest BCUT2D eigenvalue weighted by molar-refractivity contribution is 7.98. The van der Waals surface area contributed by atoms with Crippen LogP contribution < -0.4 is 15.4 Å². The van der Waals surface area contributed by atoms with Gasteiger partial charge in [0, 0.05) is 12.2 Å². The number of hydrogen-bond acceptors (Lipinski definition) is 7. The van der Waals surface area contributed by atoms with E-state index in [0.717, 1.165) is 12.8 Å². The first kappa shape index (κ1) is 32.8. The number of benzene rings is 2. The largest absolute Gasteiger partial charge is 0.508 e. The molecule has 2 atom stereocenters. The van der Waals surface area contributed by atoms with Crippen LogP contribution in [0.15, 0.2) is 48.5 Å². The van der Waals surface area contributed by atoms with Crippen LogP contribution >= 0.6 is 11.8 Å². The Morgan fingerprint density at radius 1 is 1.02 bits per heavy atom. The first-order chi connectivity index (χ1) is 19.0. The number of hydrogen-bond donors (Lipinski definition) is 3. The minimum absolute atomic E-state index is 0.0476. The Labute approximate surface area is 242 Å². The highest BCUT2D eigenvalue weighted by Crippen LogP contribution is 2.27. The van der Waals surface area contributed by atoms with Gasteiger partial charge in [-0.1, -0.05) is 31.9 Å². The summed E-state index contributed by atoms with van der Waals surface area (Å²) >= 11 is 1.56. The van der Waals surface area contributed by atoms with Crippen LogP contribution in [0.3, 0.4) is 0 Å². The SMILES string of the molecule is CCCCCN(C(=O)C(CCSC)NC(=O)OC(C)(C)C)C(C(=O)Nc1ccc(OC)cc1)c1ccc(O)cc1. The summed E-state index contributed by atoms with van der Waals surface area (Å²) in [7, 11) is 1.56. The molecule has 0 heterocycles. The van der Waals surface area contributed by atoms with Crippen molar-refractivity contribution in [1.82, 2.24) is 10.2 Å². The van der Waals surface area contributed by atoms with Crippen LogP contribution in [-0.2, 0) is 14.3 Å². The standard InChI is InChI=1S/C30H43N3O6S/c1-7-8-9-19-33(28(36)25(18-20-40-6)32-29(37)39-30(2,3)4)26(21-10-14-23(34)15-11-21)27(35)31-22-12-16-24(38-5)17-13-22/h10-17,25-26,34H,7-9,18-20H2,1-6H3,(H,31,35)(H,32,37).